The van der Waals surface area contributed by atoms with Crippen molar-refractivity contribution < 1.29 is 4.79 Å². The molecule has 0 aromatic rings. The zero-order chi connectivity index (χ0) is 13.4. The van der Waals surface area contributed by atoms with Crippen LogP contribution in [-0.4, -0.2) is 35.5 Å². The Kier molecular flexibility index (Phi) is 7.10. The highest BCUT2D eigenvalue weighted by Gasteiger charge is 2.18. The van der Waals surface area contributed by atoms with E-state index in [1.54, 1.807) is 6.08 Å². The summed E-state index contributed by atoms with van der Waals surface area (Å²) in [4.78, 5) is 14.7. The van der Waals surface area contributed by atoms with E-state index in [1.807, 2.05) is 24.3 Å². The van der Waals surface area contributed by atoms with Crippen molar-refractivity contribution in [2.45, 2.75) is 33.9 Å². The van der Waals surface area contributed by atoms with Crippen molar-refractivity contribution in [1.82, 2.24) is 9.80 Å². The first kappa shape index (κ1) is 15.6. The van der Waals surface area contributed by atoms with Gasteiger partial charge >= 0.3 is 0 Å². The van der Waals surface area contributed by atoms with E-state index in [-0.39, 0.29) is 6.17 Å². The van der Waals surface area contributed by atoms with Crippen molar-refractivity contribution in [3.05, 3.63) is 24.6 Å². The maximum atomic E-state index is 10.5. The summed E-state index contributed by atoms with van der Waals surface area (Å²) in [5.74, 6) is 0.427. The predicted octanol–water partition coefficient (Wildman–Crippen LogP) is 1.75. The minimum atomic E-state index is -0.406. The number of carbonyl (C=O) groups is 1. The number of nitrogens with zero attached hydrogens (tertiary/aromatic N) is 2. The van der Waals surface area contributed by atoms with E-state index in [4.69, 9.17) is 5.73 Å². The van der Waals surface area contributed by atoms with Gasteiger partial charge in [-0.15, -0.1) is 0 Å². The van der Waals surface area contributed by atoms with Crippen LogP contribution in [0.4, 0.5) is 0 Å². The van der Waals surface area contributed by atoms with Gasteiger partial charge in [0.05, 0.1) is 0 Å². The van der Waals surface area contributed by atoms with E-state index in [1.165, 1.54) is 6.08 Å². The van der Waals surface area contributed by atoms with Crippen LogP contribution < -0.4 is 5.73 Å². The summed E-state index contributed by atoms with van der Waals surface area (Å²) in [6, 6.07) is 0. The second-order valence-electron chi connectivity index (χ2n) is 4.70. The number of nitrogens with two attached hydrogens (primary N) is 1. The number of rotatable bonds is 3. The van der Waals surface area contributed by atoms with Gasteiger partial charge in [0.2, 0.25) is 5.91 Å². The van der Waals surface area contributed by atoms with Crippen LogP contribution in [0, 0.1) is 5.92 Å². The Hall–Kier alpha value is -1.45. The largest absolute Gasteiger partial charge is 0.366 e. The molecule has 1 atom stereocenters. The smallest absolute Gasteiger partial charge is 0.241 e. The molecule has 0 bridgehead atoms. The van der Waals surface area contributed by atoms with Gasteiger partial charge in [-0.25, -0.2) is 0 Å². The lowest BCUT2D eigenvalue weighted by atomic mass is 10.3. The van der Waals surface area contributed by atoms with Gasteiger partial charge in [0.1, 0.15) is 6.17 Å². The van der Waals surface area contributed by atoms with Crippen LogP contribution in [0.2, 0.25) is 0 Å². The van der Waals surface area contributed by atoms with Gasteiger partial charge in [-0.05, 0) is 18.9 Å². The molecule has 4 heteroatoms. The van der Waals surface area contributed by atoms with Gasteiger partial charge in [0.25, 0.3) is 0 Å². The Labute approximate surface area is 105 Å². The third-order valence-corrected chi connectivity index (χ3v) is 2.05. The molecule has 98 valence electrons. The molecular weight excluding hydrogens is 214 g/mol. The molecule has 1 unspecified atom stereocenters. The van der Waals surface area contributed by atoms with Crippen molar-refractivity contribution in [1.29, 1.82) is 0 Å². The summed E-state index contributed by atoms with van der Waals surface area (Å²) >= 11 is 0. The fourth-order valence-electron chi connectivity index (χ4n) is 1.32. The van der Waals surface area contributed by atoms with Gasteiger partial charge < -0.3 is 15.5 Å². The van der Waals surface area contributed by atoms with E-state index in [0.717, 1.165) is 12.5 Å². The average molecular weight is 239 g/mol. The molecule has 1 aliphatic rings. The second-order valence-corrected chi connectivity index (χ2v) is 4.70. The number of likely N-dealkylation sites (N-methyl/N-ethyl adjacent to an activating group) is 2. The first-order valence-electron chi connectivity index (χ1n) is 6.02. The van der Waals surface area contributed by atoms with Crippen molar-refractivity contribution in [3.8, 4) is 0 Å². The second kappa shape index (κ2) is 7.76. The highest BCUT2D eigenvalue weighted by atomic mass is 16.1. The Morgan fingerprint density at radius 2 is 1.94 bits per heavy atom. The summed E-state index contributed by atoms with van der Waals surface area (Å²) in [6.07, 6.45) is 7.29. The minimum absolute atomic E-state index is 0.123. The van der Waals surface area contributed by atoms with E-state index < -0.39 is 5.91 Å². The van der Waals surface area contributed by atoms with Crippen LogP contribution in [-0.2, 0) is 4.79 Å². The van der Waals surface area contributed by atoms with Crippen molar-refractivity contribution in [2.24, 2.45) is 11.7 Å². The Morgan fingerprint density at radius 3 is 2.35 bits per heavy atom. The predicted molar refractivity (Wildman–Crippen MR) is 71.9 cm³/mol. The molecule has 1 rings (SSSR count). The Morgan fingerprint density at radius 1 is 1.41 bits per heavy atom. The fraction of sp³-hybridized carbons (Fsp3) is 0.615. The van der Waals surface area contributed by atoms with Crippen LogP contribution >= 0.6 is 0 Å². The van der Waals surface area contributed by atoms with Gasteiger partial charge in [-0.3, -0.25) is 4.79 Å². The van der Waals surface area contributed by atoms with Crippen LogP contribution in [0.1, 0.15) is 27.7 Å². The highest BCUT2D eigenvalue weighted by molar-refractivity contribution is 5.85. The van der Waals surface area contributed by atoms with E-state index in [9.17, 15) is 4.79 Å². The molecule has 4 nitrogen and oxygen atoms in total. The summed E-state index contributed by atoms with van der Waals surface area (Å²) in [7, 11) is 1.96. The molecular formula is C13H25N3O. The summed E-state index contributed by atoms with van der Waals surface area (Å²) in [5.41, 5.74) is 5.02. The first-order chi connectivity index (χ1) is 7.88. The normalized spacial score (nSPS) is 18.8. The zero-order valence-corrected chi connectivity index (χ0v) is 11.6. The Balaban J connectivity index is 0.000000557. The van der Waals surface area contributed by atoms with Crippen molar-refractivity contribution in [2.75, 3.05) is 13.6 Å². The monoisotopic (exact) mass is 239 g/mol. The van der Waals surface area contributed by atoms with Crippen LogP contribution in [0.15, 0.2) is 24.6 Å². The molecule has 1 aliphatic heterocycles. The quantitative estimate of drug-likeness (QED) is 0.763. The lowest BCUT2D eigenvalue weighted by molar-refractivity contribution is -0.113. The zero-order valence-electron chi connectivity index (χ0n) is 11.6. The lowest BCUT2D eigenvalue weighted by Gasteiger charge is -2.26. The number of primary amides is 1. The van der Waals surface area contributed by atoms with Gasteiger partial charge in [0, 0.05) is 32.1 Å². The lowest BCUT2D eigenvalue weighted by Crippen LogP contribution is -2.34. The molecule has 1 amide bonds. The molecule has 0 fully saturated rings. The first-order valence-corrected chi connectivity index (χ1v) is 6.02. The van der Waals surface area contributed by atoms with Crippen LogP contribution in [0.25, 0.3) is 0 Å². The molecule has 2 N–H and O–H groups in total. The van der Waals surface area contributed by atoms with Crippen molar-refractivity contribution >= 4 is 5.91 Å². The maximum absolute atomic E-state index is 10.5. The topological polar surface area (TPSA) is 49.6 Å². The molecule has 0 aromatic carbocycles. The van der Waals surface area contributed by atoms with Gasteiger partial charge in [0.15, 0.2) is 0 Å². The number of amides is 1. The van der Waals surface area contributed by atoms with E-state index in [2.05, 4.69) is 32.6 Å². The molecule has 0 saturated carbocycles. The van der Waals surface area contributed by atoms with Crippen molar-refractivity contribution in [3.63, 3.8) is 0 Å². The molecule has 1 heterocycles. The van der Waals surface area contributed by atoms with Crippen LogP contribution in [0.3, 0.4) is 0 Å². The maximum Gasteiger partial charge on any atom is 0.241 e. The molecule has 0 aromatic heterocycles. The molecule has 0 saturated heterocycles. The average Bonchev–Trinajstić information content (AvgIpc) is 2.55. The molecule has 17 heavy (non-hydrogen) atoms. The standard InChI is InChI=1S/C9H15N3O.C4H10/c1-3-12-7-6-11(2)9(12)5-4-8(10)13;1-4(2)3/h4-7,9H,3H2,1-2H3,(H2,10,13);4H,1-3H3. The minimum Gasteiger partial charge on any atom is -0.366 e. The number of hydrogen-bond donors (Lipinski definition) is 1. The fourth-order valence-corrected chi connectivity index (χ4v) is 1.32. The van der Waals surface area contributed by atoms with E-state index in [0.29, 0.717) is 0 Å². The highest BCUT2D eigenvalue weighted by Crippen LogP contribution is 2.13. The number of hydrogen-bond acceptors (Lipinski definition) is 3. The SMILES string of the molecule is CC(C)C.CCN1C=CN(C)C1C=CC(N)=O. The van der Waals surface area contributed by atoms with Crippen LogP contribution in [0.5, 0.6) is 0 Å². The van der Waals surface area contributed by atoms with E-state index >= 15 is 0 Å². The third-order valence-electron chi connectivity index (χ3n) is 2.05. The summed E-state index contributed by atoms with van der Waals surface area (Å²) in [5, 5.41) is 0. The Bertz CT molecular complexity index is 282. The summed E-state index contributed by atoms with van der Waals surface area (Å²) < 4.78 is 0. The summed E-state index contributed by atoms with van der Waals surface area (Å²) in [6.45, 7) is 9.48. The van der Waals surface area contributed by atoms with Gasteiger partial charge in [-0.1, -0.05) is 20.8 Å². The molecule has 0 aliphatic carbocycles. The number of carbonyl (C=O) groups excluding carboxylic acids is 1. The third kappa shape index (κ3) is 6.66. The molecule has 0 radical (unpaired) electrons. The van der Waals surface area contributed by atoms with Gasteiger partial charge in [-0.2, -0.15) is 0 Å². The molecule has 0 spiro atoms.